The molecule has 0 aliphatic carbocycles. The number of aromatic nitrogens is 5. The number of ether oxygens (including phenoxy) is 1. The zero-order valence-corrected chi connectivity index (χ0v) is 37.6. The van der Waals surface area contributed by atoms with Gasteiger partial charge in [0.2, 0.25) is 17.8 Å². The predicted molar refractivity (Wildman–Crippen MR) is 244 cm³/mol. The van der Waals surface area contributed by atoms with Gasteiger partial charge in [-0.1, -0.05) is 13.0 Å². The number of amides is 2. The van der Waals surface area contributed by atoms with E-state index in [-0.39, 0.29) is 17.7 Å². The lowest BCUT2D eigenvalue weighted by Gasteiger charge is -2.43. The van der Waals surface area contributed by atoms with E-state index >= 15 is 0 Å². The second kappa shape index (κ2) is 18.5. The summed E-state index contributed by atoms with van der Waals surface area (Å²) < 4.78 is 20.1. The molecule has 3 aromatic heterocycles. The Morgan fingerprint density at radius 1 is 0.902 bits per heavy atom. The number of pyridine rings is 1. The summed E-state index contributed by atoms with van der Waals surface area (Å²) in [6.45, 7) is 12.8. The van der Waals surface area contributed by atoms with Crippen LogP contribution in [0.3, 0.4) is 0 Å². The normalized spacial score (nSPS) is 18.3. The van der Waals surface area contributed by atoms with Gasteiger partial charge in [0.1, 0.15) is 24.2 Å². The van der Waals surface area contributed by atoms with Gasteiger partial charge in [-0.15, -0.1) is 0 Å². The van der Waals surface area contributed by atoms with Crippen LogP contribution in [0.4, 0.5) is 28.8 Å². The van der Waals surface area contributed by atoms with E-state index in [1.54, 1.807) is 39.0 Å². The van der Waals surface area contributed by atoms with Gasteiger partial charge in [0.25, 0.3) is 0 Å². The van der Waals surface area contributed by atoms with E-state index in [4.69, 9.17) is 9.72 Å². The minimum atomic E-state index is -2.77. The van der Waals surface area contributed by atoms with Crippen LogP contribution in [0.25, 0.3) is 11.0 Å². The van der Waals surface area contributed by atoms with Gasteiger partial charge < -0.3 is 29.7 Å². The van der Waals surface area contributed by atoms with Crippen LogP contribution in [0.1, 0.15) is 55.3 Å². The molecule has 15 nitrogen and oxygen atoms in total. The summed E-state index contributed by atoms with van der Waals surface area (Å²) in [7, 11) is -1.08. The van der Waals surface area contributed by atoms with E-state index in [1.807, 2.05) is 24.4 Å². The Morgan fingerprint density at radius 2 is 1.69 bits per heavy atom. The zero-order valence-electron chi connectivity index (χ0n) is 35.2. The molecule has 3 N–H and O–H groups in total. The van der Waals surface area contributed by atoms with Crippen LogP contribution in [0, 0.1) is 0 Å². The largest absolute Gasteiger partial charge is 0.494 e. The number of benzene rings is 2. The summed E-state index contributed by atoms with van der Waals surface area (Å²) >= 11 is 3.60. The van der Waals surface area contributed by atoms with Gasteiger partial charge in [-0.25, -0.2) is 4.98 Å². The topological polar surface area (TPSA) is 171 Å². The van der Waals surface area contributed by atoms with Crippen LogP contribution >= 0.6 is 23.1 Å². The second-order valence-electron chi connectivity index (χ2n) is 16.4. The highest BCUT2D eigenvalue weighted by atomic mass is 79.9. The third-order valence-corrected chi connectivity index (χ3v) is 14.2. The molecule has 17 heteroatoms. The fraction of sp³-hybridized carbons (Fsp3) is 0.432. The molecule has 61 heavy (non-hydrogen) atoms. The summed E-state index contributed by atoms with van der Waals surface area (Å²) in [5.74, 6) is 0.808. The Kier molecular flexibility index (Phi) is 13.0. The maximum atomic E-state index is 13.5. The molecule has 1 unspecified atom stereocenters. The molecule has 320 valence electrons. The summed E-state index contributed by atoms with van der Waals surface area (Å²) in [4.78, 5) is 54.4. The molecule has 2 aromatic carbocycles. The van der Waals surface area contributed by atoms with Gasteiger partial charge in [0.15, 0.2) is 0 Å². The van der Waals surface area contributed by atoms with Crippen molar-refractivity contribution in [2.45, 2.75) is 57.4 Å². The molecule has 0 spiro atoms. The summed E-state index contributed by atoms with van der Waals surface area (Å²) in [5, 5.41) is 9.83. The van der Waals surface area contributed by atoms with Gasteiger partial charge in [0, 0.05) is 94.8 Å². The number of carbonyl (C=O) groups is 2. The first-order chi connectivity index (χ1) is 29.5. The molecule has 0 radical (unpaired) electrons. The highest BCUT2D eigenvalue weighted by Gasteiger charge is 2.31. The van der Waals surface area contributed by atoms with Crippen molar-refractivity contribution in [2.24, 2.45) is 0 Å². The van der Waals surface area contributed by atoms with Crippen LogP contribution in [0.15, 0.2) is 65.7 Å². The number of nitrogens with zero attached hydrogens (tertiary/aromatic N) is 8. The van der Waals surface area contributed by atoms with Crippen molar-refractivity contribution in [1.82, 2.24) is 40.0 Å². The van der Waals surface area contributed by atoms with Gasteiger partial charge in [0.05, 0.1) is 45.4 Å². The molecule has 3 aliphatic heterocycles. The number of hydrogen-bond acceptors (Lipinski definition) is 14. The lowest BCUT2D eigenvalue weighted by Crippen LogP contribution is -2.53. The number of aryl methyl sites for hydroxylation is 1. The first-order valence-electron chi connectivity index (χ1n) is 21.0. The highest BCUT2D eigenvalue weighted by molar-refractivity contribution is 9.10. The van der Waals surface area contributed by atoms with Crippen LogP contribution in [-0.4, -0.2) is 119 Å². The van der Waals surface area contributed by atoms with Crippen LogP contribution in [0.5, 0.6) is 5.75 Å². The number of methoxy groups -OCH3 is 1. The van der Waals surface area contributed by atoms with E-state index in [1.165, 1.54) is 11.3 Å². The third kappa shape index (κ3) is 9.72. The Labute approximate surface area is 365 Å². The first kappa shape index (κ1) is 42.7. The van der Waals surface area contributed by atoms with Crippen molar-refractivity contribution in [2.75, 3.05) is 81.8 Å². The molecule has 5 aromatic rings. The lowest BCUT2D eigenvalue weighted by molar-refractivity contribution is -0.134. The van der Waals surface area contributed by atoms with E-state index in [0.29, 0.717) is 62.9 Å². The number of piperidine rings is 2. The van der Waals surface area contributed by atoms with Crippen molar-refractivity contribution in [3.05, 3.63) is 82.5 Å². The van der Waals surface area contributed by atoms with Crippen LogP contribution in [-0.2, 0) is 27.0 Å². The number of hydrogen-bond donors (Lipinski definition) is 3. The van der Waals surface area contributed by atoms with Crippen LogP contribution < -0.4 is 30.9 Å². The highest BCUT2D eigenvalue weighted by Crippen LogP contribution is 2.42. The average molecular weight is 911 g/mol. The van der Waals surface area contributed by atoms with Crippen molar-refractivity contribution in [3.63, 3.8) is 0 Å². The molecular formula is C44H53BrN11O4P. The summed E-state index contributed by atoms with van der Waals surface area (Å²) in [5.41, 5.74) is 7.02. The second-order valence-corrected chi connectivity index (χ2v) is 20.4. The number of fused-ring (bicyclic) bond motifs is 1. The molecule has 2 amide bonds. The van der Waals surface area contributed by atoms with Gasteiger partial charge in [-0.05, 0) is 96.8 Å². The number of imide groups is 1. The monoisotopic (exact) mass is 909 g/mol. The number of piperazine rings is 1. The molecular weight excluding hydrogens is 857 g/mol. The number of rotatable bonds is 13. The van der Waals surface area contributed by atoms with Crippen LogP contribution in [0.2, 0.25) is 0 Å². The quantitative estimate of drug-likeness (QED) is 0.0897. The Bertz CT molecular complexity index is 2450. The van der Waals surface area contributed by atoms with E-state index in [2.05, 4.69) is 91.6 Å². The lowest BCUT2D eigenvalue weighted by atomic mass is 9.94. The van der Waals surface area contributed by atoms with Crippen molar-refractivity contribution in [3.8, 4) is 5.75 Å². The number of halogens is 1. The minimum absolute atomic E-state index is 0.205. The third-order valence-electron chi connectivity index (χ3n) is 12.1. The first-order valence-corrected chi connectivity index (χ1v) is 24.4. The molecule has 3 saturated heterocycles. The van der Waals surface area contributed by atoms with Crippen molar-refractivity contribution in [1.29, 1.82) is 0 Å². The average Bonchev–Trinajstić information content (AvgIpc) is 3.26. The Hall–Kier alpha value is -5.02. The minimum Gasteiger partial charge on any atom is -0.494 e. The molecule has 3 fully saturated rings. The molecule has 0 saturated carbocycles. The Morgan fingerprint density at radius 3 is 2.39 bits per heavy atom. The summed E-state index contributed by atoms with van der Waals surface area (Å²) in [6, 6.07) is 12.6. The van der Waals surface area contributed by atoms with E-state index < -0.39 is 7.14 Å². The smallest absolute Gasteiger partial charge is 0.235 e. The zero-order chi connectivity index (χ0) is 42.7. The fourth-order valence-electron chi connectivity index (χ4n) is 8.77. The van der Waals surface area contributed by atoms with Gasteiger partial charge >= 0.3 is 0 Å². The molecule has 8 rings (SSSR count). The van der Waals surface area contributed by atoms with E-state index in [9.17, 15) is 14.2 Å². The number of anilines is 5. The summed E-state index contributed by atoms with van der Waals surface area (Å²) in [6.07, 6.45) is 11.7. The molecule has 3 aliphatic rings. The fourth-order valence-corrected chi connectivity index (χ4v) is 10.4. The Balaban J connectivity index is 0.862. The molecule has 6 heterocycles. The number of carbonyl (C=O) groups excluding carboxylic acids is 2. The van der Waals surface area contributed by atoms with Gasteiger partial charge in [-0.3, -0.25) is 34.8 Å². The van der Waals surface area contributed by atoms with E-state index in [0.717, 1.165) is 88.4 Å². The maximum absolute atomic E-state index is 13.5. The van der Waals surface area contributed by atoms with Gasteiger partial charge in [-0.2, -0.15) is 4.98 Å². The molecule has 1 atom stereocenters. The molecule has 0 bridgehead atoms. The standard InChI is InChI=1S/C44H53BrN11O4P/c1-5-29-24-36(51-44-49-27-32(45)42(53-44)50-35-10-9-34-40(47-16-15-46-34)41(35)61(3,4)59)38(60-2)25-37(29)56-18-13-30(14-19-56)55-22-20-54(21-23-55)17-12-28-6-8-33(48-26-28)31-7-11-39(57)52-43(31)58/h6,8-10,15-16,24-27,30-31H,5,7,11-14,17-23H2,1-4H3,(H,52,57,58)(H2,49,50,51,53). The van der Waals surface area contributed by atoms with Crippen molar-refractivity contribution < 1.29 is 18.9 Å². The maximum Gasteiger partial charge on any atom is 0.235 e. The number of nitrogens with one attached hydrogen (secondary N) is 3. The predicted octanol–water partition coefficient (Wildman–Crippen LogP) is 6.23. The SMILES string of the molecule is CCc1cc(Nc2ncc(Br)c(Nc3ccc4nccnc4c3P(C)(C)=O)n2)c(OC)cc1N1CCC(N2CCN(CCc3ccc(C4CCC(=O)NC4=O)nc3)CC2)CC1. The van der Waals surface area contributed by atoms with Crippen molar-refractivity contribution >= 4 is 80.1 Å².